The number of nitrogens with zero attached hydrogens (tertiary/aromatic N) is 1. The summed E-state index contributed by atoms with van der Waals surface area (Å²) in [7, 11) is 0. The van der Waals surface area contributed by atoms with Gasteiger partial charge in [-0.1, -0.05) is 36.4 Å². The first-order valence-electron chi connectivity index (χ1n) is 11.7. The lowest BCUT2D eigenvalue weighted by Gasteiger charge is -2.34. The Hall–Kier alpha value is -3.62. The smallest absolute Gasteiger partial charge is 0.408 e. The van der Waals surface area contributed by atoms with E-state index in [-0.39, 0.29) is 25.0 Å². The number of alkyl carbamates (subject to hydrolysis) is 1. The number of carbonyl (C=O) groups is 3. The minimum absolute atomic E-state index is 0.0317. The Morgan fingerprint density at radius 2 is 1.94 bits per heavy atom. The van der Waals surface area contributed by atoms with E-state index in [4.69, 9.17) is 9.72 Å². The van der Waals surface area contributed by atoms with Crippen LogP contribution in [0.1, 0.15) is 36.1 Å². The van der Waals surface area contributed by atoms with E-state index < -0.39 is 18.1 Å². The Balaban J connectivity index is 1.17. The van der Waals surface area contributed by atoms with Crippen molar-refractivity contribution >= 4 is 23.8 Å². The molecular weight excluding hydrogens is 436 g/mol. The van der Waals surface area contributed by atoms with Crippen molar-refractivity contribution in [2.45, 2.75) is 44.8 Å². The van der Waals surface area contributed by atoms with Gasteiger partial charge in [-0.25, -0.2) is 14.6 Å². The predicted molar refractivity (Wildman–Crippen MR) is 125 cm³/mol. The average molecular weight is 467 g/mol. The van der Waals surface area contributed by atoms with E-state index >= 15 is 0 Å². The quantitative estimate of drug-likeness (QED) is 0.447. The molecule has 9 heteroatoms. The Kier molecular flexibility index (Phi) is 7.61. The van der Waals surface area contributed by atoms with Crippen molar-refractivity contribution < 1.29 is 24.2 Å². The second kappa shape index (κ2) is 11.0. The van der Waals surface area contributed by atoms with Gasteiger partial charge in [0.05, 0.1) is 0 Å². The van der Waals surface area contributed by atoms with Gasteiger partial charge in [0.1, 0.15) is 18.5 Å². The molecule has 9 nitrogen and oxygen atoms in total. The first-order valence-corrected chi connectivity index (χ1v) is 11.7. The van der Waals surface area contributed by atoms with E-state index in [1.54, 1.807) is 12.1 Å². The second-order valence-electron chi connectivity index (χ2n) is 8.92. The van der Waals surface area contributed by atoms with Crippen LogP contribution in [0.15, 0.2) is 42.5 Å². The molecule has 2 aromatic rings. The zero-order valence-corrected chi connectivity index (χ0v) is 19.0. The number of amides is 2. The maximum Gasteiger partial charge on any atom is 0.408 e. The number of aliphatic carboxylic acids is 1. The van der Waals surface area contributed by atoms with Crippen LogP contribution in [0.4, 0.5) is 10.6 Å². The number of carboxylic acids is 1. The number of anilines is 1. The summed E-state index contributed by atoms with van der Waals surface area (Å²) >= 11 is 0. The van der Waals surface area contributed by atoms with Gasteiger partial charge in [0, 0.05) is 24.7 Å². The van der Waals surface area contributed by atoms with Crippen molar-refractivity contribution in [3.63, 3.8) is 0 Å². The molecule has 1 aliphatic carbocycles. The van der Waals surface area contributed by atoms with Crippen LogP contribution in [0.3, 0.4) is 0 Å². The summed E-state index contributed by atoms with van der Waals surface area (Å²) in [5.41, 5.74) is 3.08. The van der Waals surface area contributed by atoms with Crippen LogP contribution >= 0.6 is 0 Å². The van der Waals surface area contributed by atoms with Crippen molar-refractivity contribution in [2.24, 2.45) is 11.8 Å². The summed E-state index contributed by atoms with van der Waals surface area (Å²) in [5.74, 6) is -0.226. The van der Waals surface area contributed by atoms with Crippen LogP contribution < -0.4 is 16.0 Å². The number of nitrogens with one attached hydrogen (secondary N) is 3. The van der Waals surface area contributed by atoms with E-state index in [1.165, 1.54) is 5.56 Å². The molecule has 2 heterocycles. The molecule has 34 heavy (non-hydrogen) atoms. The van der Waals surface area contributed by atoms with Gasteiger partial charge in [-0.05, 0) is 55.2 Å². The molecule has 1 aromatic heterocycles. The number of aromatic nitrogens is 1. The van der Waals surface area contributed by atoms with Gasteiger partial charge in [-0.3, -0.25) is 4.79 Å². The molecule has 0 saturated heterocycles. The van der Waals surface area contributed by atoms with Gasteiger partial charge in [-0.15, -0.1) is 0 Å². The van der Waals surface area contributed by atoms with Crippen molar-refractivity contribution in [2.75, 3.05) is 18.4 Å². The molecular formula is C25H30N4O5. The fourth-order valence-corrected chi connectivity index (χ4v) is 4.35. The number of fused-ring (bicyclic) bond motifs is 1. The highest BCUT2D eigenvalue weighted by Crippen LogP contribution is 2.36. The van der Waals surface area contributed by atoms with Gasteiger partial charge >= 0.3 is 12.1 Å². The van der Waals surface area contributed by atoms with Gasteiger partial charge in [0.15, 0.2) is 0 Å². The molecule has 2 aliphatic rings. The molecule has 180 valence electrons. The molecule has 1 atom stereocenters. The molecule has 1 saturated carbocycles. The molecule has 1 aliphatic heterocycles. The molecule has 1 fully saturated rings. The van der Waals surface area contributed by atoms with Gasteiger partial charge < -0.3 is 25.8 Å². The Morgan fingerprint density at radius 3 is 2.71 bits per heavy atom. The summed E-state index contributed by atoms with van der Waals surface area (Å²) in [6.07, 6.45) is 3.63. The number of ether oxygens (including phenoxy) is 1. The number of pyridine rings is 1. The van der Waals surface area contributed by atoms with E-state index in [2.05, 4.69) is 28.1 Å². The van der Waals surface area contributed by atoms with Crippen LogP contribution in [-0.4, -0.2) is 47.2 Å². The molecule has 0 radical (unpaired) electrons. The number of benzene rings is 1. The number of hydrogen-bond acceptors (Lipinski definition) is 6. The number of carboxylic acid groups (broad SMARTS) is 1. The number of rotatable bonds is 9. The molecule has 4 N–H and O–H groups in total. The van der Waals surface area contributed by atoms with Crippen molar-refractivity contribution in [1.29, 1.82) is 0 Å². The molecule has 0 spiro atoms. The van der Waals surface area contributed by atoms with Crippen LogP contribution in [-0.2, 0) is 33.8 Å². The SMILES string of the molecule is O=C(NC(CNC(=O)[C@H]1C[C@@H](Cc2ccc3c(n2)NCCC3)C1)C(=O)O)OCc1ccccc1. The molecule has 1 unspecified atom stereocenters. The number of hydrogen-bond donors (Lipinski definition) is 4. The summed E-state index contributed by atoms with van der Waals surface area (Å²) in [6, 6.07) is 12.0. The largest absolute Gasteiger partial charge is 0.480 e. The minimum Gasteiger partial charge on any atom is -0.480 e. The third-order valence-electron chi connectivity index (χ3n) is 6.34. The summed E-state index contributed by atoms with van der Waals surface area (Å²) in [6.45, 7) is 0.782. The maximum atomic E-state index is 12.5. The van der Waals surface area contributed by atoms with E-state index in [0.29, 0.717) is 5.92 Å². The zero-order valence-electron chi connectivity index (χ0n) is 19.0. The lowest BCUT2D eigenvalue weighted by atomic mass is 9.72. The van der Waals surface area contributed by atoms with Gasteiger partial charge in [0.2, 0.25) is 5.91 Å². The topological polar surface area (TPSA) is 130 Å². The van der Waals surface area contributed by atoms with Crippen molar-refractivity contribution in [3.05, 3.63) is 59.3 Å². The van der Waals surface area contributed by atoms with E-state index in [0.717, 1.165) is 55.7 Å². The lowest BCUT2D eigenvalue weighted by Crippen LogP contribution is -2.50. The van der Waals surface area contributed by atoms with Gasteiger partial charge in [-0.2, -0.15) is 0 Å². The predicted octanol–water partition coefficient (Wildman–Crippen LogP) is 2.50. The monoisotopic (exact) mass is 466 g/mol. The summed E-state index contributed by atoms with van der Waals surface area (Å²) in [5, 5.41) is 17.7. The average Bonchev–Trinajstić information content (AvgIpc) is 2.82. The highest BCUT2D eigenvalue weighted by Gasteiger charge is 2.35. The molecule has 1 aromatic carbocycles. The Labute approximate surface area is 198 Å². The lowest BCUT2D eigenvalue weighted by molar-refractivity contribution is -0.139. The Bertz CT molecular complexity index is 1020. The molecule has 4 rings (SSSR count). The third kappa shape index (κ3) is 6.24. The first-order chi connectivity index (χ1) is 16.5. The van der Waals surface area contributed by atoms with Crippen LogP contribution in [0.25, 0.3) is 0 Å². The standard InChI is InChI=1S/C25H30N4O5/c30-23(19-11-17(12-19)13-20-9-8-18-7-4-10-26-22(18)28-20)27-14-21(24(31)32)29-25(33)34-15-16-5-2-1-3-6-16/h1-3,5-6,8-9,17,19,21H,4,7,10-15H2,(H,26,28)(H,27,30)(H,29,33)(H,31,32)/t17-,19+,21?. The van der Waals surface area contributed by atoms with Gasteiger partial charge in [0.25, 0.3) is 0 Å². The fraction of sp³-hybridized carbons (Fsp3) is 0.440. The first kappa shape index (κ1) is 23.5. The van der Waals surface area contributed by atoms with Crippen molar-refractivity contribution in [1.82, 2.24) is 15.6 Å². The molecule has 0 bridgehead atoms. The molecule has 2 amide bonds. The number of carbonyl (C=O) groups excluding carboxylic acids is 2. The maximum absolute atomic E-state index is 12.5. The minimum atomic E-state index is -1.27. The second-order valence-corrected chi connectivity index (χ2v) is 8.92. The number of aryl methyl sites for hydroxylation is 1. The fourth-order valence-electron chi connectivity index (χ4n) is 4.35. The van der Waals surface area contributed by atoms with Crippen LogP contribution in [0, 0.1) is 11.8 Å². The highest BCUT2D eigenvalue weighted by molar-refractivity contribution is 5.83. The van der Waals surface area contributed by atoms with Crippen LogP contribution in [0.2, 0.25) is 0 Å². The van der Waals surface area contributed by atoms with E-state index in [9.17, 15) is 19.5 Å². The third-order valence-corrected chi connectivity index (χ3v) is 6.34. The zero-order chi connectivity index (χ0) is 23.9. The summed E-state index contributed by atoms with van der Waals surface area (Å²) < 4.78 is 5.06. The highest BCUT2D eigenvalue weighted by atomic mass is 16.5. The van der Waals surface area contributed by atoms with E-state index in [1.807, 2.05) is 18.2 Å². The Morgan fingerprint density at radius 1 is 1.15 bits per heavy atom. The normalized spacial score (nSPS) is 19.5. The summed E-state index contributed by atoms with van der Waals surface area (Å²) in [4.78, 5) is 40.6. The van der Waals surface area contributed by atoms with Crippen LogP contribution in [0.5, 0.6) is 0 Å². The van der Waals surface area contributed by atoms with Crippen molar-refractivity contribution in [3.8, 4) is 0 Å².